The number of hydrogen-bond acceptors (Lipinski definition) is 4. The van der Waals surface area contributed by atoms with Gasteiger partial charge in [0.15, 0.2) is 0 Å². The first-order chi connectivity index (χ1) is 9.43. The number of carbonyl (C=O) groups is 1. The van der Waals surface area contributed by atoms with Gasteiger partial charge >= 0.3 is 5.97 Å². The highest BCUT2D eigenvalue weighted by atomic mass is 35.5. The number of pyridine rings is 1. The summed E-state index contributed by atoms with van der Waals surface area (Å²) < 4.78 is 4.65. The molecule has 104 valence electrons. The van der Waals surface area contributed by atoms with Crippen LogP contribution in [0.15, 0.2) is 24.4 Å². The second-order valence-electron chi connectivity index (χ2n) is 3.89. The van der Waals surface area contributed by atoms with Crippen LogP contribution >= 0.6 is 34.8 Å². The summed E-state index contributed by atoms with van der Waals surface area (Å²) in [5, 5.41) is 1.04. The predicted molar refractivity (Wildman–Crippen MR) is 80.5 cm³/mol. The van der Waals surface area contributed by atoms with Crippen molar-refractivity contribution in [1.82, 2.24) is 4.98 Å². The number of anilines is 1. The quantitative estimate of drug-likeness (QED) is 0.665. The Morgan fingerprint density at radius 1 is 1.15 bits per heavy atom. The first kappa shape index (κ1) is 14.9. The van der Waals surface area contributed by atoms with E-state index in [1.165, 1.54) is 25.4 Å². The summed E-state index contributed by atoms with van der Waals surface area (Å²) in [5.74, 6) is -0.553. The standard InChI is InChI=1S/C13H9Cl3N2O2/c1-20-13(19)7-3-12(18-5-11(7)17)6-2-9(15)10(16)4-8(6)14/h2-5H,17H2,1H3. The molecule has 0 fully saturated rings. The van der Waals surface area contributed by atoms with Crippen LogP contribution in [0, 0.1) is 0 Å². The van der Waals surface area contributed by atoms with E-state index >= 15 is 0 Å². The van der Waals surface area contributed by atoms with Crippen LogP contribution in [0.3, 0.4) is 0 Å². The van der Waals surface area contributed by atoms with Crippen molar-refractivity contribution >= 4 is 46.5 Å². The van der Waals surface area contributed by atoms with Crippen LogP contribution in [0.25, 0.3) is 11.3 Å². The zero-order valence-corrected chi connectivity index (χ0v) is 12.6. The van der Waals surface area contributed by atoms with Crippen molar-refractivity contribution in [2.24, 2.45) is 0 Å². The molecule has 1 heterocycles. The molecule has 2 rings (SSSR count). The van der Waals surface area contributed by atoms with Gasteiger partial charge in [-0.25, -0.2) is 4.79 Å². The number of rotatable bonds is 2. The molecule has 0 radical (unpaired) electrons. The van der Waals surface area contributed by atoms with Crippen molar-refractivity contribution in [1.29, 1.82) is 0 Å². The second-order valence-corrected chi connectivity index (χ2v) is 5.12. The van der Waals surface area contributed by atoms with Gasteiger partial charge in [0, 0.05) is 5.56 Å². The van der Waals surface area contributed by atoms with Gasteiger partial charge in [-0.1, -0.05) is 34.8 Å². The first-order valence-electron chi connectivity index (χ1n) is 5.42. The highest BCUT2D eigenvalue weighted by Gasteiger charge is 2.15. The van der Waals surface area contributed by atoms with Gasteiger partial charge in [-0.05, 0) is 18.2 Å². The number of halogens is 3. The van der Waals surface area contributed by atoms with Crippen LogP contribution in [-0.2, 0) is 4.74 Å². The molecule has 0 atom stereocenters. The number of ether oxygens (including phenoxy) is 1. The van der Waals surface area contributed by atoms with Crippen molar-refractivity contribution in [3.8, 4) is 11.3 Å². The summed E-state index contributed by atoms with van der Waals surface area (Å²) in [5.41, 5.74) is 7.11. The minimum absolute atomic E-state index is 0.208. The van der Waals surface area contributed by atoms with Crippen LogP contribution in [0.2, 0.25) is 15.1 Å². The average molecular weight is 332 g/mol. The molecule has 0 aliphatic rings. The molecule has 0 aliphatic heterocycles. The largest absolute Gasteiger partial charge is 0.465 e. The lowest BCUT2D eigenvalue weighted by atomic mass is 10.1. The van der Waals surface area contributed by atoms with Crippen LogP contribution in [0.5, 0.6) is 0 Å². The van der Waals surface area contributed by atoms with Gasteiger partial charge in [0.05, 0.1) is 45.3 Å². The Labute approximate surface area is 130 Å². The highest BCUT2D eigenvalue weighted by Crippen LogP contribution is 2.35. The number of benzene rings is 1. The summed E-state index contributed by atoms with van der Waals surface area (Å²) in [7, 11) is 1.27. The molecule has 7 heteroatoms. The number of aromatic nitrogens is 1. The second kappa shape index (κ2) is 5.87. The number of nitrogens with two attached hydrogens (primary N) is 1. The van der Waals surface area contributed by atoms with E-state index in [2.05, 4.69) is 9.72 Å². The summed E-state index contributed by atoms with van der Waals surface area (Å²) in [6.07, 6.45) is 1.36. The van der Waals surface area contributed by atoms with Crippen LogP contribution < -0.4 is 5.73 Å². The van der Waals surface area contributed by atoms with Crippen LogP contribution in [0.4, 0.5) is 5.69 Å². The highest BCUT2D eigenvalue weighted by molar-refractivity contribution is 6.44. The van der Waals surface area contributed by atoms with Gasteiger partial charge in [0.25, 0.3) is 0 Å². The Balaban J connectivity index is 2.59. The molecule has 1 aromatic carbocycles. The molecule has 0 saturated carbocycles. The average Bonchev–Trinajstić information content (AvgIpc) is 2.43. The zero-order chi connectivity index (χ0) is 14.9. The molecule has 1 aromatic heterocycles. The molecule has 4 nitrogen and oxygen atoms in total. The van der Waals surface area contributed by atoms with E-state index in [4.69, 9.17) is 40.5 Å². The number of nitrogens with zero attached hydrogens (tertiary/aromatic N) is 1. The molecule has 0 aliphatic carbocycles. The Bertz CT molecular complexity index is 690. The van der Waals surface area contributed by atoms with E-state index in [-0.39, 0.29) is 11.3 Å². The molecule has 2 N–H and O–H groups in total. The van der Waals surface area contributed by atoms with Crippen LogP contribution in [-0.4, -0.2) is 18.1 Å². The Hall–Kier alpha value is -1.49. The smallest absolute Gasteiger partial charge is 0.340 e. The van der Waals surface area contributed by atoms with Gasteiger partial charge in [-0.15, -0.1) is 0 Å². The van der Waals surface area contributed by atoms with Crippen LogP contribution in [0.1, 0.15) is 10.4 Å². The molecule has 0 saturated heterocycles. The molecular formula is C13H9Cl3N2O2. The SMILES string of the molecule is COC(=O)c1cc(-c2cc(Cl)c(Cl)cc2Cl)ncc1N. The topological polar surface area (TPSA) is 65.2 Å². The molecule has 0 amide bonds. The molecule has 0 spiro atoms. The number of carbonyl (C=O) groups excluding carboxylic acids is 1. The van der Waals surface area contributed by atoms with E-state index in [9.17, 15) is 4.79 Å². The van der Waals surface area contributed by atoms with E-state index in [1.807, 2.05) is 0 Å². The minimum Gasteiger partial charge on any atom is -0.465 e. The van der Waals surface area contributed by atoms with Crippen molar-refractivity contribution in [3.63, 3.8) is 0 Å². The van der Waals surface area contributed by atoms with Gasteiger partial charge < -0.3 is 10.5 Å². The van der Waals surface area contributed by atoms with Crippen molar-refractivity contribution in [3.05, 3.63) is 45.0 Å². The molecule has 0 bridgehead atoms. The number of hydrogen-bond donors (Lipinski definition) is 1. The maximum Gasteiger partial charge on any atom is 0.340 e. The lowest BCUT2D eigenvalue weighted by molar-refractivity contribution is 0.0602. The third kappa shape index (κ3) is 2.82. The van der Waals surface area contributed by atoms with Gasteiger partial charge in [-0.2, -0.15) is 0 Å². The fourth-order valence-corrected chi connectivity index (χ4v) is 2.26. The maximum atomic E-state index is 11.6. The summed E-state index contributed by atoms with van der Waals surface area (Å²) in [4.78, 5) is 15.8. The maximum absolute atomic E-state index is 11.6. The fraction of sp³-hybridized carbons (Fsp3) is 0.0769. The van der Waals surface area contributed by atoms with Gasteiger partial charge in [0.1, 0.15) is 0 Å². The van der Waals surface area contributed by atoms with E-state index in [0.717, 1.165) is 0 Å². The minimum atomic E-state index is -0.553. The third-order valence-corrected chi connectivity index (χ3v) is 3.66. The van der Waals surface area contributed by atoms with E-state index < -0.39 is 5.97 Å². The molecule has 20 heavy (non-hydrogen) atoms. The summed E-state index contributed by atoms with van der Waals surface area (Å²) >= 11 is 17.9. The lowest BCUT2D eigenvalue weighted by Gasteiger charge is -2.09. The summed E-state index contributed by atoms with van der Waals surface area (Å²) in [6.45, 7) is 0. The Morgan fingerprint density at radius 3 is 2.45 bits per heavy atom. The zero-order valence-electron chi connectivity index (χ0n) is 10.3. The van der Waals surface area contributed by atoms with Gasteiger partial charge in [-0.3, -0.25) is 4.98 Å². The first-order valence-corrected chi connectivity index (χ1v) is 6.56. The third-order valence-electron chi connectivity index (χ3n) is 2.63. The number of esters is 1. The lowest BCUT2D eigenvalue weighted by Crippen LogP contribution is -2.06. The van der Waals surface area contributed by atoms with Crippen molar-refractivity contribution in [2.75, 3.05) is 12.8 Å². The molecule has 2 aromatic rings. The van der Waals surface area contributed by atoms with Crippen molar-refractivity contribution in [2.45, 2.75) is 0 Å². The van der Waals surface area contributed by atoms with Crippen molar-refractivity contribution < 1.29 is 9.53 Å². The van der Waals surface area contributed by atoms with E-state index in [1.54, 1.807) is 6.07 Å². The normalized spacial score (nSPS) is 10.4. The Kier molecular flexibility index (Phi) is 4.38. The number of methoxy groups -OCH3 is 1. The van der Waals surface area contributed by atoms with Gasteiger partial charge in [0.2, 0.25) is 0 Å². The summed E-state index contributed by atoms with van der Waals surface area (Å²) in [6, 6.07) is 4.58. The van der Waals surface area contributed by atoms with E-state index in [0.29, 0.717) is 26.3 Å². The number of nitrogen functional groups attached to an aromatic ring is 1. The molecular weight excluding hydrogens is 323 g/mol. The fourth-order valence-electron chi connectivity index (χ4n) is 1.62. The monoisotopic (exact) mass is 330 g/mol. The molecule has 0 unspecified atom stereocenters. The predicted octanol–water partition coefficient (Wildman–Crippen LogP) is 4.08. The Morgan fingerprint density at radius 2 is 1.80 bits per heavy atom.